The molecule has 0 bridgehead atoms. The first-order chi connectivity index (χ1) is 12.1. The van der Waals surface area contributed by atoms with Crippen LogP contribution >= 0.6 is 0 Å². The fraction of sp³-hybridized carbons (Fsp3) is 0.350. The second-order valence-electron chi connectivity index (χ2n) is 6.84. The highest BCUT2D eigenvalue weighted by Crippen LogP contribution is 2.42. The molecule has 0 spiro atoms. The molecule has 0 radical (unpaired) electrons. The molecule has 2 fully saturated rings. The minimum absolute atomic E-state index is 0.0155. The van der Waals surface area contributed by atoms with Crippen molar-refractivity contribution in [2.24, 2.45) is 0 Å². The van der Waals surface area contributed by atoms with Crippen LogP contribution in [0.4, 0.5) is 8.78 Å². The molecule has 1 saturated carbocycles. The lowest BCUT2D eigenvalue weighted by Gasteiger charge is -2.41. The number of aliphatic hydroxyl groups is 1. The minimum Gasteiger partial charge on any atom is -0.395 e. The fourth-order valence-electron chi connectivity index (χ4n) is 3.65. The molecule has 1 aliphatic carbocycles. The standard InChI is InChI=1S/C20H18F2N2O/c21-15-7-14(11-1-2-11)8-16(22)19(15)12-3-5-13(6-4-12)20-17(9-23)24-18(20)10-25/h3-8,11,17-18,20,24-25H,1-2,10H2/t17-,18-,20+/m0/s1. The van der Waals surface area contributed by atoms with Crippen LogP contribution in [0, 0.1) is 23.0 Å². The van der Waals surface area contributed by atoms with Crippen LogP contribution in [0.3, 0.4) is 0 Å². The van der Waals surface area contributed by atoms with Gasteiger partial charge in [-0.25, -0.2) is 8.78 Å². The van der Waals surface area contributed by atoms with E-state index in [1.165, 1.54) is 12.1 Å². The Morgan fingerprint density at radius 2 is 1.72 bits per heavy atom. The summed E-state index contributed by atoms with van der Waals surface area (Å²) in [5.74, 6) is -0.896. The van der Waals surface area contributed by atoms with E-state index in [1.54, 1.807) is 24.3 Å². The summed E-state index contributed by atoms with van der Waals surface area (Å²) in [5.41, 5.74) is 2.07. The van der Waals surface area contributed by atoms with Gasteiger partial charge in [-0.1, -0.05) is 24.3 Å². The molecular formula is C20H18F2N2O. The highest BCUT2D eigenvalue weighted by molar-refractivity contribution is 5.66. The molecule has 3 nitrogen and oxygen atoms in total. The van der Waals surface area contributed by atoms with Gasteiger partial charge in [0.25, 0.3) is 0 Å². The first-order valence-corrected chi connectivity index (χ1v) is 8.48. The van der Waals surface area contributed by atoms with Crippen LogP contribution in [0.25, 0.3) is 11.1 Å². The lowest BCUT2D eigenvalue weighted by Crippen LogP contribution is -2.60. The number of halogens is 2. The Kier molecular flexibility index (Phi) is 4.03. The maximum absolute atomic E-state index is 14.4. The molecule has 0 amide bonds. The fourth-order valence-corrected chi connectivity index (χ4v) is 3.65. The van der Waals surface area contributed by atoms with Gasteiger partial charge in [-0.05, 0) is 47.6 Å². The number of nitrogens with zero attached hydrogens (tertiary/aromatic N) is 1. The van der Waals surface area contributed by atoms with E-state index >= 15 is 0 Å². The Hall–Kier alpha value is -2.29. The van der Waals surface area contributed by atoms with Crippen molar-refractivity contribution in [1.82, 2.24) is 5.32 Å². The highest BCUT2D eigenvalue weighted by atomic mass is 19.1. The van der Waals surface area contributed by atoms with Gasteiger partial charge >= 0.3 is 0 Å². The molecule has 1 saturated heterocycles. The first kappa shape index (κ1) is 16.2. The van der Waals surface area contributed by atoms with Crippen LogP contribution in [0.1, 0.15) is 35.8 Å². The maximum atomic E-state index is 14.4. The molecule has 0 aromatic heterocycles. The molecule has 5 heteroatoms. The number of hydrogen-bond acceptors (Lipinski definition) is 3. The van der Waals surface area contributed by atoms with Gasteiger partial charge in [0.2, 0.25) is 0 Å². The third-order valence-electron chi connectivity index (χ3n) is 5.22. The predicted molar refractivity (Wildman–Crippen MR) is 89.9 cm³/mol. The zero-order chi connectivity index (χ0) is 17.6. The molecule has 3 atom stereocenters. The van der Waals surface area contributed by atoms with Crippen molar-refractivity contribution >= 4 is 0 Å². The van der Waals surface area contributed by atoms with Gasteiger partial charge < -0.3 is 5.11 Å². The summed E-state index contributed by atoms with van der Waals surface area (Å²) >= 11 is 0. The Bertz CT molecular complexity index is 817. The van der Waals surface area contributed by atoms with Crippen LogP contribution in [0.2, 0.25) is 0 Å². The molecule has 1 aliphatic heterocycles. The maximum Gasteiger partial charge on any atom is 0.134 e. The predicted octanol–water partition coefficient (Wildman–Crippen LogP) is 3.45. The molecule has 0 unspecified atom stereocenters. The molecule has 2 aromatic rings. The van der Waals surface area contributed by atoms with Crippen molar-refractivity contribution in [2.45, 2.75) is 36.8 Å². The summed E-state index contributed by atoms with van der Waals surface area (Å²) < 4.78 is 28.9. The van der Waals surface area contributed by atoms with Crippen molar-refractivity contribution in [3.8, 4) is 17.2 Å². The van der Waals surface area contributed by atoms with E-state index in [4.69, 9.17) is 5.26 Å². The van der Waals surface area contributed by atoms with Gasteiger partial charge in [-0.2, -0.15) is 5.26 Å². The topological polar surface area (TPSA) is 56.0 Å². The SMILES string of the molecule is N#C[C@@H]1N[C@@H](CO)[C@@H]1c1ccc(-c2c(F)cc(C3CC3)cc2F)cc1. The molecule has 1 heterocycles. The zero-order valence-electron chi connectivity index (χ0n) is 13.5. The molecule has 4 rings (SSSR count). The van der Waals surface area contributed by atoms with E-state index in [1.807, 2.05) is 0 Å². The number of rotatable bonds is 4. The average Bonchev–Trinajstić information content (AvgIpc) is 3.40. The first-order valence-electron chi connectivity index (χ1n) is 8.48. The van der Waals surface area contributed by atoms with Crippen molar-refractivity contribution in [3.63, 3.8) is 0 Å². The molecule has 2 aromatic carbocycles. The Morgan fingerprint density at radius 1 is 1.08 bits per heavy atom. The summed E-state index contributed by atoms with van der Waals surface area (Å²) in [6.07, 6.45) is 1.99. The van der Waals surface area contributed by atoms with Gasteiger partial charge in [0.05, 0.1) is 18.2 Å². The van der Waals surface area contributed by atoms with Crippen LogP contribution in [-0.2, 0) is 0 Å². The summed E-state index contributed by atoms with van der Waals surface area (Å²) in [6.45, 7) is -0.0590. The third-order valence-corrected chi connectivity index (χ3v) is 5.22. The van der Waals surface area contributed by atoms with E-state index in [9.17, 15) is 13.9 Å². The lowest BCUT2D eigenvalue weighted by atomic mass is 9.78. The van der Waals surface area contributed by atoms with E-state index in [0.29, 0.717) is 11.5 Å². The largest absolute Gasteiger partial charge is 0.395 e. The van der Waals surface area contributed by atoms with Crippen molar-refractivity contribution in [1.29, 1.82) is 5.26 Å². The van der Waals surface area contributed by atoms with Gasteiger partial charge in [0.15, 0.2) is 0 Å². The van der Waals surface area contributed by atoms with Crippen LogP contribution in [0.15, 0.2) is 36.4 Å². The van der Waals surface area contributed by atoms with Crippen LogP contribution in [0.5, 0.6) is 0 Å². The normalized spacial score (nSPS) is 25.3. The molecule has 25 heavy (non-hydrogen) atoms. The van der Waals surface area contributed by atoms with Crippen molar-refractivity contribution in [2.75, 3.05) is 6.61 Å². The third kappa shape index (κ3) is 2.82. The van der Waals surface area contributed by atoms with Crippen molar-refractivity contribution in [3.05, 3.63) is 59.2 Å². The number of benzene rings is 2. The molecule has 128 valence electrons. The van der Waals surface area contributed by atoms with Gasteiger partial charge in [-0.3, -0.25) is 5.32 Å². The number of nitriles is 1. The molecule has 2 N–H and O–H groups in total. The smallest absolute Gasteiger partial charge is 0.134 e. The molecular weight excluding hydrogens is 322 g/mol. The van der Waals surface area contributed by atoms with E-state index in [2.05, 4.69) is 11.4 Å². The van der Waals surface area contributed by atoms with Gasteiger partial charge in [0, 0.05) is 12.0 Å². The minimum atomic E-state index is -0.539. The summed E-state index contributed by atoms with van der Waals surface area (Å²) in [5, 5.41) is 21.4. The summed E-state index contributed by atoms with van der Waals surface area (Å²) in [4.78, 5) is 0. The van der Waals surface area contributed by atoms with Crippen molar-refractivity contribution < 1.29 is 13.9 Å². The van der Waals surface area contributed by atoms with E-state index < -0.39 is 11.6 Å². The Labute approximate surface area is 144 Å². The average molecular weight is 340 g/mol. The number of nitrogens with one attached hydrogen (secondary N) is 1. The highest BCUT2D eigenvalue weighted by Gasteiger charge is 2.41. The summed E-state index contributed by atoms with van der Waals surface area (Å²) in [6, 6.07) is 11.4. The monoisotopic (exact) mass is 340 g/mol. The second-order valence-corrected chi connectivity index (χ2v) is 6.84. The molecule has 2 aliphatic rings. The lowest BCUT2D eigenvalue weighted by molar-refractivity contribution is 0.151. The second kappa shape index (κ2) is 6.21. The van der Waals surface area contributed by atoms with Gasteiger partial charge in [0.1, 0.15) is 17.7 Å². The Morgan fingerprint density at radius 3 is 2.24 bits per heavy atom. The number of aliphatic hydroxyl groups excluding tert-OH is 1. The quantitative estimate of drug-likeness (QED) is 0.896. The van der Waals surface area contributed by atoms with Crippen LogP contribution < -0.4 is 5.32 Å². The van der Waals surface area contributed by atoms with E-state index in [-0.39, 0.29) is 30.2 Å². The number of hydrogen-bond donors (Lipinski definition) is 2. The van der Waals surface area contributed by atoms with Gasteiger partial charge in [-0.15, -0.1) is 0 Å². The van der Waals surface area contributed by atoms with Crippen LogP contribution in [-0.4, -0.2) is 23.8 Å². The Balaban J connectivity index is 1.63. The zero-order valence-corrected chi connectivity index (χ0v) is 13.5. The summed E-state index contributed by atoms with van der Waals surface area (Å²) in [7, 11) is 0. The van der Waals surface area contributed by atoms with E-state index in [0.717, 1.165) is 24.0 Å².